The third kappa shape index (κ3) is 95.1. The van der Waals surface area contributed by atoms with Crippen LogP contribution in [0, 0.1) is 0 Å². The second-order valence-electron chi connectivity index (χ2n) is 61.2. The number of hydrogen-bond donors (Lipinski definition) is 0. The van der Waals surface area contributed by atoms with Gasteiger partial charge in [0.05, 0.1) is 0 Å². The van der Waals surface area contributed by atoms with Crippen molar-refractivity contribution in [3.63, 3.8) is 0 Å². The third-order valence-electron chi connectivity index (χ3n) is 23.0. The lowest BCUT2D eigenvalue weighted by Gasteiger charge is -2.42. The molecule has 0 aliphatic rings. The van der Waals surface area contributed by atoms with Gasteiger partial charge in [0.2, 0.25) is 0 Å². The van der Waals surface area contributed by atoms with E-state index in [1.165, 1.54) is 18.1 Å². The summed E-state index contributed by atoms with van der Waals surface area (Å²) in [5.74, 6) is 0. The van der Waals surface area contributed by atoms with E-state index in [9.17, 15) is 0 Å². The Hall–Kier alpha value is 6.63. The molecule has 0 aromatic carbocycles. The van der Waals surface area contributed by atoms with Crippen LogP contribution in [0.5, 0.6) is 0 Å². The minimum atomic E-state index is -2.62. The zero-order valence-corrected chi connectivity index (χ0v) is 149. The quantitative estimate of drug-likeness (QED) is 0.0516. The molecule has 0 aliphatic carbocycles. The fourth-order valence-corrected chi connectivity index (χ4v) is 181. The van der Waals surface area contributed by atoms with Crippen LogP contribution in [0.3, 0.4) is 0 Å². The first-order chi connectivity index (χ1) is 64.6. The minimum Gasteiger partial charge on any atom is -0.456 e. The van der Waals surface area contributed by atoms with E-state index in [4.69, 9.17) is 99.4 Å². The summed E-state index contributed by atoms with van der Waals surface area (Å²) in [6.45, 7) is 164. The monoisotopic (exact) mass is 2710 g/mol. The van der Waals surface area contributed by atoms with Gasteiger partial charge in [0.25, 0.3) is 0 Å². The Balaban J connectivity index is -0.000000634. The van der Waals surface area contributed by atoms with Crippen molar-refractivity contribution in [2.24, 2.45) is 0 Å². The van der Waals surface area contributed by atoms with E-state index in [0.717, 1.165) is 78.6 Å². The van der Waals surface area contributed by atoms with E-state index < -0.39 is 298 Å². The van der Waals surface area contributed by atoms with Crippen molar-refractivity contribution in [1.82, 2.24) is 0 Å². The van der Waals surface area contributed by atoms with Crippen LogP contribution in [-0.2, 0) is 99.4 Å². The van der Waals surface area contributed by atoms with E-state index in [0.29, 0.717) is 0 Å². The first-order valence-electron chi connectivity index (χ1n) is 57.0. The van der Waals surface area contributed by atoms with Gasteiger partial charge in [-0.25, -0.2) is 0 Å². The molecular weight excluding hydrogens is 2450 g/mol. The Morgan fingerprint density at radius 3 is 0.342 bits per heavy atom. The molecule has 0 heterocycles. The average Bonchev–Trinajstić information content (AvgIpc) is 0.806. The molecule has 24 nitrogen and oxygen atoms in total. The van der Waals surface area contributed by atoms with Crippen LogP contribution in [-0.4, -0.2) is 312 Å². The largest absolute Gasteiger partial charge is 0.465 e. The fraction of sp³-hybridized carbons (Fsp3) is 1.00. The molecule has 59 heteroatoms. The van der Waals surface area contributed by atoms with Crippen LogP contribution in [0.2, 0.25) is 568 Å². The molecule has 0 atom stereocenters. The SMILES string of the molecule is CO[Si](C)(C)CC[Si](C)(C)O[Si](C)(C)O[Si](C)(C)C.CO[Si](C)(C)CC[Si](C)(C)O[Si](C)(O[SiH](C)C)O[SiH](C)C.C[SiH](C)O[Si](C)(C)O[Si](C)(C)C.C[SiH](C)O[Si](C)(C)O[Si](C)(C)CC[Si](C)(C)O[Si](C)(C)O[Si](C)(C)CC[Si](C)(C)O[Si](C)(C)O[Si](C)(C)CC[Si](C)(C)O[Si](C)(C)C.C[SiH](C)O[Si](C)(O[SiH](C)C)O[Si](C)(C)CC[Si](C)(C)O[Si](C)(C)O[Si](C)(C)CC[Si](C)(C)O[Si](C)(C)O[Si](C)(C)CC[Si](C)(C)O[Si](C)(C)C. The van der Waals surface area contributed by atoms with E-state index >= 15 is 0 Å². The molecule has 0 N–H and O–H groups in total. The summed E-state index contributed by atoms with van der Waals surface area (Å²) in [6, 6.07) is 17.9. The van der Waals surface area contributed by atoms with Gasteiger partial charge in [0.15, 0.2) is 221 Å². The number of rotatable bonds is 70. The van der Waals surface area contributed by atoms with Gasteiger partial charge in [-0.3, -0.25) is 0 Å². The van der Waals surface area contributed by atoms with E-state index in [1.807, 2.05) is 14.2 Å². The Morgan fingerprint density at radius 1 is 0.114 bits per heavy atom. The van der Waals surface area contributed by atoms with Gasteiger partial charge in [0, 0.05) is 27.3 Å². The first kappa shape index (κ1) is 164. The summed E-state index contributed by atoms with van der Waals surface area (Å²) >= 11 is 0. The highest BCUT2D eigenvalue weighted by Gasteiger charge is 2.52. The van der Waals surface area contributed by atoms with Crippen LogP contribution in [0.25, 0.3) is 0 Å². The van der Waals surface area contributed by atoms with Crippen molar-refractivity contribution in [1.29, 1.82) is 0 Å². The maximum Gasteiger partial charge on any atom is 0.465 e. The predicted octanol–water partition coefficient (Wildman–Crippen LogP) is 33.2. The van der Waals surface area contributed by atoms with Crippen molar-refractivity contribution in [2.75, 3.05) is 14.2 Å². The van der Waals surface area contributed by atoms with Crippen molar-refractivity contribution in [2.45, 2.75) is 568 Å². The molecule has 149 heavy (non-hydrogen) atoms. The molecule has 0 unspecified atom stereocenters. The highest BCUT2D eigenvalue weighted by atomic mass is 28.5. The molecule has 904 valence electrons. The van der Waals surface area contributed by atoms with Crippen molar-refractivity contribution >= 4 is 298 Å². The molecule has 0 bridgehead atoms. The van der Waals surface area contributed by atoms with Gasteiger partial charge in [-0.15, -0.1) is 0 Å². The van der Waals surface area contributed by atoms with E-state index in [2.05, 4.69) is 471 Å². The smallest absolute Gasteiger partial charge is 0.456 e. The highest BCUT2D eigenvalue weighted by molar-refractivity contribution is 6.97. The van der Waals surface area contributed by atoms with Crippen LogP contribution >= 0.6 is 0 Å². The topological polar surface area (TPSA) is 222 Å². The molecule has 0 amide bonds. The van der Waals surface area contributed by atoms with Gasteiger partial charge in [-0.1, -0.05) is 0 Å². The molecule has 0 spiro atoms. The van der Waals surface area contributed by atoms with E-state index in [1.54, 1.807) is 0 Å². The van der Waals surface area contributed by atoms with Crippen LogP contribution in [0.1, 0.15) is 0 Å². The zero-order chi connectivity index (χ0) is 120. The minimum absolute atomic E-state index is 0.926. The summed E-state index contributed by atoms with van der Waals surface area (Å²) < 4.78 is 157. The molecule has 0 rings (SSSR count). The second kappa shape index (κ2) is 64.1. The standard InChI is InChI=1S/C30H86O8Si12.C29H82O7Si11.C12H36O4Si5.C12H34O3Si4.C7H22O2Si3/c1-39(2)31-50(24,32-40(3)4)38-47(18,19)30-29-46(16,17)37-49(22,23)36-45(14,15)28-27-44(12,13)35-48(20,21)34-43(10,11)26-25-42(8,9)33-41(5,6)7;1-37(2)30-45(18,19)32-40(8,9)26-27-42(12,13)34-47(22,23)36-44(16,17)29-28-43(14,15)35-46(20,21)33-41(10,11)25-24-39(6,7)31-38(3,4)5;1-13-19(6,7)11-12-20(8,9)16-21(10,14-17(2)3)15-18(4)5;1-13-17(5,6)11-12-18(7,8)15-19(9,10)14-16(2,3)4;1-10(2)8-12(6,7)9-11(3,4)5/h39-40H,25-30H2,1-24H3;37H,24-29H2,1-23H3;17-18H,11-12H2,1-10H3;11-12H2,1-10H3;10H,1-7H3. The summed E-state index contributed by atoms with van der Waals surface area (Å²) in [4.78, 5) is 0. The summed E-state index contributed by atoms with van der Waals surface area (Å²) in [7, 11) is -58.6. The molecule has 0 aromatic rings. The molecule has 0 fully saturated rings. The molecule has 0 aromatic heterocycles. The summed E-state index contributed by atoms with van der Waals surface area (Å²) in [6.07, 6.45) is 0. The third-order valence-corrected chi connectivity index (χ3v) is 142. The Kier molecular flexibility index (Phi) is 70.5. The zero-order valence-electron chi connectivity index (χ0n) is 113. The lowest BCUT2D eigenvalue weighted by atomic mass is 10.9. The van der Waals surface area contributed by atoms with Gasteiger partial charge < -0.3 is 99.4 Å². The Bertz CT molecular complexity index is 3680. The summed E-state index contributed by atoms with van der Waals surface area (Å²) in [5.41, 5.74) is 0. The second-order valence-corrected chi connectivity index (χ2v) is 198. The average molecular weight is 2710 g/mol. The van der Waals surface area contributed by atoms with Gasteiger partial charge in [0.1, 0.15) is 0 Å². The lowest BCUT2D eigenvalue weighted by Crippen LogP contribution is -2.56. The predicted molar refractivity (Wildman–Crippen MR) is 747 cm³/mol. The number of hydrogen-bond acceptors (Lipinski definition) is 24. The molecule has 0 radical (unpaired) electrons. The normalized spacial score (nSPS) is 15.1. The maximum absolute atomic E-state index is 7.06. The van der Waals surface area contributed by atoms with Crippen molar-refractivity contribution < 1.29 is 99.4 Å². The van der Waals surface area contributed by atoms with Crippen molar-refractivity contribution in [3.8, 4) is 0 Å². The van der Waals surface area contributed by atoms with Gasteiger partial charge in [-0.2, -0.15) is 0 Å². The highest BCUT2D eigenvalue weighted by Crippen LogP contribution is 2.40. The van der Waals surface area contributed by atoms with Crippen LogP contribution < -0.4 is 0 Å². The Morgan fingerprint density at radius 2 is 0.215 bits per heavy atom. The lowest BCUT2D eigenvalue weighted by molar-refractivity contribution is 0.270. The van der Waals surface area contributed by atoms with Gasteiger partial charge >= 0.3 is 77.5 Å². The molecule has 0 aliphatic heterocycles. The van der Waals surface area contributed by atoms with Crippen LogP contribution in [0.4, 0.5) is 0 Å². The van der Waals surface area contributed by atoms with Gasteiger partial charge in [-0.05, 0) is 555 Å². The fourth-order valence-electron chi connectivity index (χ4n) is 19.7. The van der Waals surface area contributed by atoms with E-state index in [-0.39, 0.29) is 0 Å². The molecular formula is C90H260O24Si35. The van der Waals surface area contributed by atoms with Crippen LogP contribution in [0.15, 0.2) is 0 Å². The first-order valence-corrected chi connectivity index (χ1v) is 161. The maximum atomic E-state index is 7.06. The Labute approximate surface area is 970 Å². The molecule has 0 saturated carbocycles. The van der Waals surface area contributed by atoms with Crippen molar-refractivity contribution in [3.05, 3.63) is 0 Å². The molecule has 0 saturated heterocycles. The summed E-state index contributed by atoms with van der Waals surface area (Å²) in [5, 5.41) is 0.